The molecule has 0 fully saturated rings. The minimum Gasteiger partial charge on any atom is -0.480 e. The van der Waals surface area contributed by atoms with E-state index in [4.69, 9.17) is 0 Å². The molecule has 116 valence electrons. The van der Waals surface area contributed by atoms with Crippen LogP contribution in [0.5, 0.6) is 0 Å². The van der Waals surface area contributed by atoms with Crippen LogP contribution in [0, 0.1) is 0 Å². The Morgan fingerprint density at radius 2 is 1.57 bits per heavy atom. The molecule has 0 aliphatic carbocycles. The smallest absolute Gasteiger partial charge is 0.321 e. The lowest BCUT2D eigenvalue weighted by Gasteiger charge is -2.15. The van der Waals surface area contributed by atoms with Gasteiger partial charge in [0.15, 0.2) is 0 Å². The Morgan fingerprint density at radius 3 is 2.30 bits per heavy atom. The summed E-state index contributed by atoms with van der Waals surface area (Å²) in [4.78, 5) is 11.5. The number of aliphatic carboxylic acids is 1. The van der Waals surface area contributed by atoms with Gasteiger partial charge in [0.1, 0.15) is 6.04 Å². The summed E-state index contributed by atoms with van der Waals surface area (Å²) in [5.74, 6) is -0.824. The van der Waals surface area contributed by atoms with E-state index >= 15 is 0 Å². The van der Waals surface area contributed by atoms with Crippen LogP contribution in [0.4, 0.5) is 0 Å². The number of hydrogen-bond acceptors (Lipinski definition) is 2. The highest BCUT2D eigenvalue weighted by atomic mass is 16.4. The van der Waals surface area contributed by atoms with Crippen LogP contribution in [0.2, 0.25) is 0 Å². The van der Waals surface area contributed by atoms with E-state index in [0.717, 1.165) is 11.1 Å². The molecule has 3 nitrogen and oxygen atoms in total. The monoisotopic (exact) mass is 305 g/mol. The van der Waals surface area contributed by atoms with Crippen molar-refractivity contribution in [2.45, 2.75) is 19.0 Å². The number of carbonyl (C=O) groups is 1. The van der Waals surface area contributed by atoms with Gasteiger partial charge >= 0.3 is 5.97 Å². The predicted molar refractivity (Wildman–Crippen MR) is 92.4 cm³/mol. The molecule has 3 aromatic rings. The van der Waals surface area contributed by atoms with Crippen molar-refractivity contribution in [1.82, 2.24) is 5.32 Å². The number of rotatable bonds is 6. The molecule has 2 N–H and O–H groups in total. The van der Waals surface area contributed by atoms with Gasteiger partial charge in [0.2, 0.25) is 0 Å². The van der Waals surface area contributed by atoms with Gasteiger partial charge in [-0.15, -0.1) is 0 Å². The second-order valence-corrected chi connectivity index (χ2v) is 5.64. The number of fused-ring (bicyclic) bond motifs is 1. The van der Waals surface area contributed by atoms with Crippen molar-refractivity contribution in [2.75, 3.05) is 0 Å². The lowest BCUT2D eigenvalue weighted by atomic mass is 10.0. The molecule has 0 saturated carbocycles. The van der Waals surface area contributed by atoms with Crippen molar-refractivity contribution in [3.05, 3.63) is 83.9 Å². The number of carboxylic acids is 1. The van der Waals surface area contributed by atoms with Crippen LogP contribution in [0.3, 0.4) is 0 Å². The van der Waals surface area contributed by atoms with E-state index in [2.05, 4.69) is 29.6 Å². The van der Waals surface area contributed by atoms with Gasteiger partial charge in [0.25, 0.3) is 0 Å². The molecule has 23 heavy (non-hydrogen) atoms. The molecule has 0 saturated heterocycles. The molecule has 0 amide bonds. The zero-order chi connectivity index (χ0) is 16.1. The lowest BCUT2D eigenvalue weighted by molar-refractivity contribution is -0.139. The van der Waals surface area contributed by atoms with E-state index in [0.29, 0.717) is 13.0 Å². The zero-order valence-electron chi connectivity index (χ0n) is 12.8. The summed E-state index contributed by atoms with van der Waals surface area (Å²) in [5.41, 5.74) is 2.11. The summed E-state index contributed by atoms with van der Waals surface area (Å²) < 4.78 is 0. The maximum Gasteiger partial charge on any atom is 0.321 e. The van der Waals surface area contributed by atoms with Crippen molar-refractivity contribution in [3.63, 3.8) is 0 Å². The van der Waals surface area contributed by atoms with Gasteiger partial charge in [-0.2, -0.15) is 0 Å². The fraction of sp³-hybridized carbons (Fsp3) is 0.150. The molecular formula is C20H19NO2. The highest BCUT2D eigenvalue weighted by Gasteiger charge is 2.17. The summed E-state index contributed by atoms with van der Waals surface area (Å²) in [6.07, 6.45) is 0.476. The summed E-state index contributed by atoms with van der Waals surface area (Å²) in [7, 11) is 0. The number of hydrogen-bond donors (Lipinski definition) is 2. The number of benzene rings is 3. The molecule has 0 aliphatic rings. The standard InChI is InChI=1S/C20H19NO2/c22-20(23)19(13-15-6-2-1-3-7-15)21-14-16-10-11-17-8-4-5-9-18(17)12-16/h1-12,19,21H,13-14H2,(H,22,23)/t19-/m0/s1. The van der Waals surface area contributed by atoms with Gasteiger partial charge in [-0.1, -0.05) is 66.7 Å². The highest BCUT2D eigenvalue weighted by Crippen LogP contribution is 2.15. The molecule has 3 heteroatoms. The molecule has 0 bridgehead atoms. The Balaban J connectivity index is 1.69. The van der Waals surface area contributed by atoms with Gasteiger partial charge in [-0.05, 0) is 34.4 Å². The second kappa shape index (κ2) is 7.07. The number of carboxylic acid groups (broad SMARTS) is 1. The van der Waals surface area contributed by atoms with Gasteiger partial charge in [-0.25, -0.2) is 0 Å². The van der Waals surface area contributed by atoms with Gasteiger partial charge < -0.3 is 10.4 Å². The van der Waals surface area contributed by atoms with Crippen LogP contribution in [-0.2, 0) is 17.8 Å². The van der Waals surface area contributed by atoms with Crippen LogP contribution in [-0.4, -0.2) is 17.1 Å². The van der Waals surface area contributed by atoms with Crippen molar-refractivity contribution in [3.8, 4) is 0 Å². The molecule has 0 unspecified atom stereocenters. The van der Waals surface area contributed by atoms with Crippen LogP contribution < -0.4 is 5.32 Å². The summed E-state index contributed by atoms with van der Waals surface area (Å²) in [5, 5.41) is 14.9. The first-order valence-corrected chi connectivity index (χ1v) is 7.70. The van der Waals surface area contributed by atoms with Crippen LogP contribution in [0.25, 0.3) is 10.8 Å². The maximum absolute atomic E-state index is 11.5. The highest BCUT2D eigenvalue weighted by molar-refractivity contribution is 5.83. The summed E-state index contributed by atoms with van der Waals surface area (Å²) >= 11 is 0. The second-order valence-electron chi connectivity index (χ2n) is 5.64. The van der Waals surface area contributed by atoms with E-state index in [1.807, 2.05) is 48.5 Å². The third-order valence-corrected chi connectivity index (χ3v) is 3.95. The minimum absolute atomic E-state index is 0.476. The lowest BCUT2D eigenvalue weighted by Crippen LogP contribution is -2.38. The van der Waals surface area contributed by atoms with Crippen molar-refractivity contribution in [2.24, 2.45) is 0 Å². The molecule has 0 aromatic heterocycles. The summed E-state index contributed by atoms with van der Waals surface area (Å²) in [6.45, 7) is 0.536. The van der Waals surface area contributed by atoms with E-state index in [1.165, 1.54) is 10.8 Å². The van der Waals surface area contributed by atoms with E-state index in [9.17, 15) is 9.90 Å². The SMILES string of the molecule is O=C(O)[C@H](Cc1ccccc1)NCc1ccc2ccccc2c1. The fourth-order valence-corrected chi connectivity index (χ4v) is 2.69. The molecule has 0 aliphatic heterocycles. The largest absolute Gasteiger partial charge is 0.480 e. The molecule has 1 atom stereocenters. The van der Waals surface area contributed by atoms with Crippen molar-refractivity contribution in [1.29, 1.82) is 0 Å². The third kappa shape index (κ3) is 3.96. The molecule has 3 aromatic carbocycles. The predicted octanol–water partition coefficient (Wildman–Crippen LogP) is 3.63. The van der Waals surface area contributed by atoms with Crippen molar-refractivity contribution >= 4 is 16.7 Å². The Bertz CT molecular complexity index is 799. The maximum atomic E-state index is 11.5. The summed E-state index contributed by atoms with van der Waals surface area (Å²) in [6, 6.07) is 23.5. The van der Waals surface area contributed by atoms with Crippen LogP contribution in [0.1, 0.15) is 11.1 Å². The zero-order valence-corrected chi connectivity index (χ0v) is 12.8. The van der Waals surface area contributed by atoms with Gasteiger partial charge in [-0.3, -0.25) is 4.79 Å². The number of nitrogens with one attached hydrogen (secondary N) is 1. The Morgan fingerprint density at radius 1 is 0.870 bits per heavy atom. The van der Waals surface area contributed by atoms with Crippen molar-refractivity contribution < 1.29 is 9.90 Å². The van der Waals surface area contributed by atoms with E-state index < -0.39 is 12.0 Å². The topological polar surface area (TPSA) is 49.3 Å². The van der Waals surface area contributed by atoms with Crippen LogP contribution in [0.15, 0.2) is 72.8 Å². The minimum atomic E-state index is -0.824. The molecule has 0 spiro atoms. The molecular weight excluding hydrogens is 286 g/mol. The first-order valence-electron chi connectivity index (χ1n) is 7.70. The van der Waals surface area contributed by atoms with Gasteiger partial charge in [0.05, 0.1) is 0 Å². The quantitative estimate of drug-likeness (QED) is 0.731. The Labute approximate surface area is 135 Å². The van der Waals surface area contributed by atoms with Gasteiger partial charge in [0, 0.05) is 6.54 Å². The average molecular weight is 305 g/mol. The first kappa shape index (κ1) is 15.3. The first-order chi connectivity index (χ1) is 11.2. The molecule has 0 radical (unpaired) electrons. The molecule has 3 rings (SSSR count). The molecule has 0 heterocycles. The third-order valence-electron chi connectivity index (χ3n) is 3.95. The van der Waals surface area contributed by atoms with E-state index in [-0.39, 0.29) is 0 Å². The Kier molecular flexibility index (Phi) is 4.69. The average Bonchev–Trinajstić information content (AvgIpc) is 2.59. The normalized spacial score (nSPS) is 12.2. The van der Waals surface area contributed by atoms with Crippen LogP contribution >= 0.6 is 0 Å². The Hall–Kier alpha value is -2.65. The fourth-order valence-electron chi connectivity index (χ4n) is 2.69. The van der Waals surface area contributed by atoms with E-state index in [1.54, 1.807) is 0 Å².